The summed E-state index contributed by atoms with van der Waals surface area (Å²) >= 11 is 7.72. The molecule has 1 fully saturated rings. The van der Waals surface area contributed by atoms with Gasteiger partial charge in [0.25, 0.3) is 0 Å². The third kappa shape index (κ3) is 7.87. The predicted octanol–water partition coefficient (Wildman–Crippen LogP) is 4.12. The van der Waals surface area contributed by atoms with E-state index in [9.17, 15) is 20.1 Å². The number of aryl methyl sites for hydroxylation is 2. The van der Waals surface area contributed by atoms with Crippen molar-refractivity contribution in [2.75, 3.05) is 0 Å². The number of aliphatic carboxylic acids is 1. The topological polar surface area (TPSA) is 98.0 Å². The van der Waals surface area contributed by atoms with E-state index < -0.39 is 24.3 Å². The second-order valence-electron chi connectivity index (χ2n) is 7.75. The molecule has 29 heavy (non-hydrogen) atoms. The fourth-order valence-corrected chi connectivity index (χ4v) is 5.10. The summed E-state index contributed by atoms with van der Waals surface area (Å²) in [6, 6.07) is 2.04. The highest BCUT2D eigenvalue weighted by atomic mass is 35.5. The smallest absolute Gasteiger partial charge is 0.303 e. The van der Waals surface area contributed by atoms with E-state index in [4.69, 9.17) is 16.7 Å². The SMILES string of the molecule is Cc1cc(CC[C@H](O)/C=C/[C@@H]2[C@@H](C/C=C\CCCC(=O)O)[C@@H](O)C[C@H]2O)c(Cl)s1. The molecule has 5 nitrogen and oxygen atoms in total. The summed E-state index contributed by atoms with van der Waals surface area (Å²) in [5.41, 5.74) is 1.05. The van der Waals surface area contributed by atoms with Crippen molar-refractivity contribution in [1.82, 2.24) is 0 Å². The van der Waals surface area contributed by atoms with Crippen LogP contribution in [-0.2, 0) is 11.2 Å². The summed E-state index contributed by atoms with van der Waals surface area (Å²) < 4.78 is 0.767. The maximum absolute atomic E-state index is 10.5. The molecule has 1 aliphatic rings. The van der Waals surface area contributed by atoms with Gasteiger partial charge in [0.05, 0.1) is 22.6 Å². The van der Waals surface area contributed by atoms with Gasteiger partial charge in [0.2, 0.25) is 0 Å². The third-order valence-corrected chi connectivity index (χ3v) is 6.75. The molecule has 4 N–H and O–H groups in total. The van der Waals surface area contributed by atoms with Crippen molar-refractivity contribution in [2.24, 2.45) is 11.8 Å². The largest absolute Gasteiger partial charge is 0.481 e. The van der Waals surface area contributed by atoms with Gasteiger partial charge in [-0.2, -0.15) is 0 Å². The normalized spacial score (nSPS) is 26.0. The summed E-state index contributed by atoms with van der Waals surface area (Å²) in [5.74, 6) is -1.12. The molecular formula is C22H31ClO5S. The van der Waals surface area contributed by atoms with E-state index in [1.165, 1.54) is 11.3 Å². The summed E-state index contributed by atoms with van der Waals surface area (Å²) in [7, 11) is 0. The Morgan fingerprint density at radius 1 is 1.34 bits per heavy atom. The highest BCUT2D eigenvalue weighted by Crippen LogP contribution is 2.36. The van der Waals surface area contributed by atoms with Crippen LogP contribution < -0.4 is 0 Å². The maximum Gasteiger partial charge on any atom is 0.303 e. The lowest BCUT2D eigenvalue weighted by Gasteiger charge is -2.19. The lowest BCUT2D eigenvalue weighted by atomic mass is 9.89. The lowest BCUT2D eigenvalue weighted by molar-refractivity contribution is -0.137. The molecule has 0 aromatic carbocycles. The Hall–Kier alpha value is -1.18. The van der Waals surface area contributed by atoms with E-state index >= 15 is 0 Å². The molecule has 2 rings (SSSR count). The zero-order chi connectivity index (χ0) is 21.4. The highest BCUT2D eigenvalue weighted by Gasteiger charge is 2.39. The molecule has 7 heteroatoms. The first-order valence-corrected chi connectivity index (χ1v) is 11.3. The number of thiophene rings is 1. The Morgan fingerprint density at radius 2 is 2.10 bits per heavy atom. The second-order valence-corrected chi connectivity index (χ2v) is 9.61. The van der Waals surface area contributed by atoms with Gasteiger partial charge >= 0.3 is 5.97 Å². The van der Waals surface area contributed by atoms with Crippen LogP contribution in [0.25, 0.3) is 0 Å². The van der Waals surface area contributed by atoms with Gasteiger partial charge in [0.15, 0.2) is 0 Å². The summed E-state index contributed by atoms with van der Waals surface area (Å²) in [6.07, 6.45) is 9.16. The zero-order valence-corrected chi connectivity index (χ0v) is 18.3. The Balaban J connectivity index is 1.84. The molecule has 0 aliphatic heterocycles. The Labute approximate surface area is 181 Å². The molecule has 1 heterocycles. The van der Waals surface area contributed by atoms with Crippen molar-refractivity contribution < 1.29 is 25.2 Å². The van der Waals surface area contributed by atoms with E-state index in [0.717, 1.165) is 14.8 Å². The molecule has 0 saturated heterocycles. The van der Waals surface area contributed by atoms with Crippen LogP contribution in [0.1, 0.15) is 49.0 Å². The van der Waals surface area contributed by atoms with E-state index in [0.29, 0.717) is 38.5 Å². The molecule has 0 radical (unpaired) electrons. The maximum atomic E-state index is 10.5. The van der Waals surface area contributed by atoms with Crippen LogP contribution in [0.5, 0.6) is 0 Å². The Morgan fingerprint density at radius 3 is 2.76 bits per heavy atom. The number of hydrogen-bond acceptors (Lipinski definition) is 5. The average Bonchev–Trinajstić information content (AvgIpc) is 3.11. The minimum atomic E-state index is -0.798. The zero-order valence-electron chi connectivity index (χ0n) is 16.7. The first-order chi connectivity index (χ1) is 13.8. The minimum Gasteiger partial charge on any atom is -0.481 e. The molecule has 0 amide bonds. The second kappa shape index (κ2) is 11.9. The average molecular weight is 443 g/mol. The number of aliphatic hydroxyl groups is 3. The van der Waals surface area contributed by atoms with Gasteiger partial charge in [-0.25, -0.2) is 0 Å². The molecule has 1 aliphatic carbocycles. The predicted molar refractivity (Wildman–Crippen MR) is 116 cm³/mol. The van der Waals surface area contributed by atoms with Crippen molar-refractivity contribution in [3.63, 3.8) is 0 Å². The van der Waals surface area contributed by atoms with Gasteiger partial charge in [0, 0.05) is 23.6 Å². The first-order valence-electron chi connectivity index (χ1n) is 10.1. The van der Waals surface area contributed by atoms with Crippen molar-refractivity contribution in [2.45, 2.75) is 70.2 Å². The number of unbranched alkanes of at least 4 members (excludes halogenated alkanes) is 1. The fourth-order valence-electron chi connectivity index (χ4n) is 3.81. The summed E-state index contributed by atoms with van der Waals surface area (Å²) in [4.78, 5) is 11.7. The van der Waals surface area contributed by atoms with Crippen LogP contribution in [0.15, 0.2) is 30.4 Å². The quantitative estimate of drug-likeness (QED) is 0.305. The van der Waals surface area contributed by atoms with Crippen LogP contribution in [-0.4, -0.2) is 44.7 Å². The standard InChI is InChI=1S/C22H31ClO5S/c1-14-12-15(22(23)29-14)8-9-16(24)10-11-18-17(19(25)13-20(18)26)6-4-2-3-5-7-21(27)28/h2,4,10-12,16-20,24-26H,3,5-9,13H2,1H3,(H,27,28)/b4-2-,11-10+/t16-,17+,18+,19-,20+/m0/s1. The summed E-state index contributed by atoms with van der Waals surface area (Å²) in [6.45, 7) is 2.00. The molecule has 0 bridgehead atoms. The molecule has 162 valence electrons. The van der Waals surface area contributed by atoms with E-state index in [2.05, 4.69) is 0 Å². The molecule has 0 unspecified atom stereocenters. The lowest BCUT2D eigenvalue weighted by Crippen LogP contribution is -2.20. The molecule has 1 aromatic heterocycles. The van der Waals surface area contributed by atoms with Gasteiger partial charge in [-0.05, 0) is 56.6 Å². The number of rotatable bonds is 11. The number of aliphatic hydroxyl groups excluding tert-OH is 3. The number of carboxylic acids is 1. The Bertz CT molecular complexity index is 714. The van der Waals surface area contributed by atoms with Crippen LogP contribution in [0.2, 0.25) is 4.34 Å². The van der Waals surface area contributed by atoms with Crippen molar-refractivity contribution in [3.8, 4) is 0 Å². The van der Waals surface area contributed by atoms with Crippen molar-refractivity contribution >= 4 is 28.9 Å². The van der Waals surface area contributed by atoms with Gasteiger partial charge < -0.3 is 20.4 Å². The third-order valence-electron chi connectivity index (χ3n) is 5.40. The van der Waals surface area contributed by atoms with Crippen molar-refractivity contribution in [3.05, 3.63) is 45.1 Å². The fraction of sp³-hybridized carbons (Fsp3) is 0.591. The minimum absolute atomic E-state index is 0.113. The molecular weight excluding hydrogens is 412 g/mol. The van der Waals surface area contributed by atoms with Crippen LogP contribution in [0.4, 0.5) is 0 Å². The number of hydrogen-bond donors (Lipinski definition) is 4. The monoisotopic (exact) mass is 442 g/mol. The van der Waals surface area contributed by atoms with Crippen LogP contribution >= 0.6 is 22.9 Å². The van der Waals surface area contributed by atoms with E-state index in [-0.39, 0.29) is 18.3 Å². The van der Waals surface area contributed by atoms with Crippen LogP contribution in [0, 0.1) is 18.8 Å². The van der Waals surface area contributed by atoms with E-state index in [1.54, 1.807) is 6.08 Å². The number of halogens is 1. The van der Waals surface area contributed by atoms with Crippen LogP contribution in [0.3, 0.4) is 0 Å². The molecule has 1 saturated carbocycles. The molecule has 1 aromatic rings. The van der Waals surface area contributed by atoms with E-state index in [1.807, 2.05) is 31.2 Å². The molecule has 0 spiro atoms. The van der Waals surface area contributed by atoms with Crippen molar-refractivity contribution in [1.29, 1.82) is 0 Å². The van der Waals surface area contributed by atoms with Gasteiger partial charge in [-0.15, -0.1) is 11.3 Å². The highest BCUT2D eigenvalue weighted by molar-refractivity contribution is 7.16. The summed E-state index contributed by atoms with van der Waals surface area (Å²) in [5, 5.41) is 39.5. The molecule has 5 atom stereocenters. The number of carbonyl (C=O) groups is 1. The first kappa shape index (κ1) is 24.1. The van der Waals surface area contributed by atoms with Gasteiger partial charge in [-0.1, -0.05) is 35.9 Å². The van der Waals surface area contributed by atoms with Gasteiger partial charge in [0.1, 0.15) is 0 Å². The Kier molecular flexibility index (Phi) is 9.86. The number of allylic oxidation sites excluding steroid dienone is 2. The van der Waals surface area contributed by atoms with Gasteiger partial charge in [-0.3, -0.25) is 4.79 Å². The number of carboxylic acid groups (broad SMARTS) is 1.